The summed E-state index contributed by atoms with van der Waals surface area (Å²) in [6.07, 6.45) is 2.50. The van der Waals surface area contributed by atoms with Gasteiger partial charge in [0.15, 0.2) is 5.96 Å². The molecule has 0 aliphatic rings. The highest BCUT2D eigenvalue weighted by Crippen LogP contribution is 1.94. The molecule has 0 saturated heterocycles. The minimum atomic E-state index is -0.0702. The third kappa shape index (κ3) is 7.27. The summed E-state index contributed by atoms with van der Waals surface area (Å²) in [6, 6.07) is -0.0702. The van der Waals surface area contributed by atoms with E-state index in [1.807, 2.05) is 6.92 Å². The molecule has 1 atom stereocenters. The number of nitrogens with one attached hydrogen (secondary N) is 1. The average molecular weight is 186 g/mol. The molecule has 0 unspecified atom stereocenters. The Morgan fingerprint density at radius 3 is 2.77 bits per heavy atom. The summed E-state index contributed by atoms with van der Waals surface area (Å²) in [5.74, 6) is 0.103. The number of aliphatic imine (C=N–C) groups is 1. The van der Waals surface area contributed by atoms with Gasteiger partial charge in [-0.2, -0.15) is 0 Å². The molecular weight excluding hydrogens is 168 g/mol. The maximum atomic E-state index is 10.5. The van der Waals surface area contributed by atoms with Crippen molar-refractivity contribution in [2.75, 3.05) is 13.1 Å². The van der Waals surface area contributed by atoms with Gasteiger partial charge in [0, 0.05) is 6.54 Å². The first kappa shape index (κ1) is 11.9. The monoisotopic (exact) mass is 186 g/mol. The molecule has 0 aliphatic heterocycles. The van der Waals surface area contributed by atoms with Crippen molar-refractivity contribution in [3.8, 4) is 0 Å². The van der Waals surface area contributed by atoms with E-state index >= 15 is 0 Å². The van der Waals surface area contributed by atoms with Gasteiger partial charge in [0.1, 0.15) is 6.29 Å². The number of rotatable bonds is 7. The molecule has 0 aromatic heterocycles. The number of carbonyl (C=O) groups is 1. The molecule has 0 aromatic carbocycles. The molecule has 0 amide bonds. The van der Waals surface area contributed by atoms with E-state index in [4.69, 9.17) is 11.5 Å². The molecule has 5 N–H and O–H groups in total. The van der Waals surface area contributed by atoms with Gasteiger partial charge < -0.3 is 21.6 Å². The van der Waals surface area contributed by atoms with Crippen LogP contribution in [0.1, 0.15) is 19.8 Å². The first-order valence-electron chi connectivity index (χ1n) is 4.44. The summed E-state index contributed by atoms with van der Waals surface area (Å²) >= 11 is 0. The van der Waals surface area contributed by atoms with Crippen molar-refractivity contribution in [1.82, 2.24) is 5.32 Å². The molecule has 0 aromatic rings. The summed E-state index contributed by atoms with van der Waals surface area (Å²) in [4.78, 5) is 14.3. The van der Waals surface area contributed by atoms with Crippen LogP contribution in [0, 0.1) is 0 Å². The highest BCUT2D eigenvalue weighted by Gasteiger charge is 2.03. The summed E-state index contributed by atoms with van der Waals surface area (Å²) in [5.41, 5.74) is 10.3. The number of hydrogen-bond acceptors (Lipinski definition) is 3. The molecule has 5 nitrogen and oxygen atoms in total. The SMILES string of the molecule is CCN[C@H](C=O)CCCN=C(N)N. The molecule has 0 spiro atoms. The van der Waals surface area contributed by atoms with Crippen LogP contribution in [0.25, 0.3) is 0 Å². The number of nitrogens with two attached hydrogens (primary N) is 2. The van der Waals surface area contributed by atoms with Crippen LogP contribution in [0.3, 0.4) is 0 Å². The van der Waals surface area contributed by atoms with Gasteiger partial charge in [-0.3, -0.25) is 4.99 Å². The van der Waals surface area contributed by atoms with Crippen LogP contribution in [0.15, 0.2) is 4.99 Å². The van der Waals surface area contributed by atoms with Gasteiger partial charge in [-0.05, 0) is 19.4 Å². The molecule has 0 radical (unpaired) electrons. The predicted molar refractivity (Wildman–Crippen MR) is 53.4 cm³/mol. The Morgan fingerprint density at radius 2 is 2.31 bits per heavy atom. The van der Waals surface area contributed by atoms with Crippen molar-refractivity contribution in [2.45, 2.75) is 25.8 Å². The summed E-state index contributed by atoms with van der Waals surface area (Å²) in [5, 5.41) is 3.04. The highest BCUT2D eigenvalue weighted by atomic mass is 16.1. The Bertz CT molecular complexity index is 166. The molecule has 0 rings (SSSR count). The number of nitrogens with zero attached hydrogens (tertiary/aromatic N) is 1. The normalized spacial score (nSPS) is 12.1. The van der Waals surface area contributed by atoms with Gasteiger partial charge in [-0.1, -0.05) is 6.92 Å². The van der Waals surface area contributed by atoms with E-state index in [0.717, 1.165) is 25.7 Å². The predicted octanol–water partition coefficient (Wildman–Crippen LogP) is -0.783. The molecule has 76 valence electrons. The second kappa shape index (κ2) is 7.54. The minimum absolute atomic E-state index is 0.0702. The van der Waals surface area contributed by atoms with E-state index in [9.17, 15) is 4.79 Å². The zero-order valence-electron chi connectivity index (χ0n) is 7.99. The fraction of sp³-hybridized carbons (Fsp3) is 0.750. The lowest BCUT2D eigenvalue weighted by atomic mass is 10.2. The average Bonchev–Trinajstić information content (AvgIpc) is 2.10. The zero-order chi connectivity index (χ0) is 10.1. The fourth-order valence-electron chi connectivity index (χ4n) is 1.000. The first-order valence-corrected chi connectivity index (χ1v) is 4.44. The van der Waals surface area contributed by atoms with Crippen molar-refractivity contribution in [3.63, 3.8) is 0 Å². The molecule has 0 fully saturated rings. The quantitative estimate of drug-likeness (QED) is 0.210. The zero-order valence-corrected chi connectivity index (χ0v) is 7.99. The van der Waals surface area contributed by atoms with Gasteiger partial charge in [0.25, 0.3) is 0 Å². The van der Waals surface area contributed by atoms with Crippen molar-refractivity contribution < 1.29 is 4.79 Å². The summed E-state index contributed by atoms with van der Waals surface area (Å²) in [6.45, 7) is 3.34. The molecule has 0 saturated carbocycles. The van der Waals surface area contributed by atoms with Gasteiger partial charge in [0.2, 0.25) is 0 Å². The molecule has 13 heavy (non-hydrogen) atoms. The molecule has 0 bridgehead atoms. The van der Waals surface area contributed by atoms with E-state index in [1.54, 1.807) is 0 Å². The van der Waals surface area contributed by atoms with Gasteiger partial charge in [-0.15, -0.1) is 0 Å². The van der Waals surface area contributed by atoms with Crippen LogP contribution in [0.2, 0.25) is 0 Å². The lowest BCUT2D eigenvalue weighted by Gasteiger charge is -2.08. The van der Waals surface area contributed by atoms with Crippen LogP contribution in [0.4, 0.5) is 0 Å². The Hall–Kier alpha value is -1.10. The van der Waals surface area contributed by atoms with Crippen LogP contribution in [-0.2, 0) is 4.79 Å². The van der Waals surface area contributed by atoms with Crippen molar-refractivity contribution in [2.24, 2.45) is 16.5 Å². The van der Waals surface area contributed by atoms with Crippen molar-refractivity contribution >= 4 is 12.2 Å². The van der Waals surface area contributed by atoms with Crippen LogP contribution < -0.4 is 16.8 Å². The summed E-state index contributed by atoms with van der Waals surface area (Å²) in [7, 11) is 0. The number of carbonyl (C=O) groups excluding carboxylic acids is 1. The van der Waals surface area contributed by atoms with Gasteiger partial charge >= 0.3 is 0 Å². The Kier molecular flexibility index (Phi) is 6.91. The Morgan fingerprint density at radius 1 is 1.62 bits per heavy atom. The molecule has 5 heteroatoms. The lowest BCUT2D eigenvalue weighted by Crippen LogP contribution is -2.30. The van der Waals surface area contributed by atoms with E-state index in [0.29, 0.717) is 6.54 Å². The van der Waals surface area contributed by atoms with E-state index < -0.39 is 0 Å². The van der Waals surface area contributed by atoms with Crippen LogP contribution >= 0.6 is 0 Å². The topological polar surface area (TPSA) is 93.5 Å². The summed E-state index contributed by atoms with van der Waals surface area (Å²) < 4.78 is 0. The largest absolute Gasteiger partial charge is 0.370 e. The molecule has 0 aliphatic carbocycles. The van der Waals surface area contributed by atoms with E-state index in [1.165, 1.54) is 0 Å². The number of guanidine groups is 1. The van der Waals surface area contributed by atoms with Crippen LogP contribution in [0.5, 0.6) is 0 Å². The van der Waals surface area contributed by atoms with Crippen molar-refractivity contribution in [3.05, 3.63) is 0 Å². The Balaban J connectivity index is 3.49. The van der Waals surface area contributed by atoms with Gasteiger partial charge in [0.05, 0.1) is 6.04 Å². The standard InChI is InChI=1S/C8H18N4O/c1-2-11-7(6-13)4-3-5-12-8(9)10/h6-7,11H,2-5H2,1H3,(H4,9,10,12)/t7-/m0/s1. The Labute approximate surface area is 78.6 Å². The first-order chi connectivity index (χ1) is 6.20. The minimum Gasteiger partial charge on any atom is -0.370 e. The maximum absolute atomic E-state index is 10.5. The second-order valence-electron chi connectivity index (χ2n) is 2.75. The maximum Gasteiger partial charge on any atom is 0.185 e. The molecular formula is C8H18N4O. The number of aldehydes is 1. The van der Waals surface area contributed by atoms with Crippen molar-refractivity contribution in [1.29, 1.82) is 0 Å². The third-order valence-corrected chi connectivity index (χ3v) is 1.60. The number of likely N-dealkylation sites (N-methyl/N-ethyl adjacent to an activating group) is 1. The van der Waals surface area contributed by atoms with Crippen LogP contribution in [-0.4, -0.2) is 31.4 Å². The third-order valence-electron chi connectivity index (χ3n) is 1.60. The highest BCUT2D eigenvalue weighted by molar-refractivity contribution is 5.75. The fourth-order valence-corrected chi connectivity index (χ4v) is 1.000. The van der Waals surface area contributed by atoms with E-state index in [2.05, 4.69) is 10.3 Å². The lowest BCUT2D eigenvalue weighted by molar-refractivity contribution is -0.109. The second-order valence-corrected chi connectivity index (χ2v) is 2.75. The molecule has 0 heterocycles. The number of hydrogen-bond donors (Lipinski definition) is 3. The van der Waals surface area contributed by atoms with Gasteiger partial charge in [-0.25, -0.2) is 0 Å². The van der Waals surface area contributed by atoms with E-state index in [-0.39, 0.29) is 12.0 Å². The smallest absolute Gasteiger partial charge is 0.185 e.